The Morgan fingerprint density at radius 3 is 2.79 bits per heavy atom. The van der Waals surface area contributed by atoms with E-state index in [9.17, 15) is 4.79 Å². The van der Waals surface area contributed by atoms with E-state index in [1.54, 1.807) is 6.07 Å². The average molecular weight is 187 g/mol. The van der Waals surface area contributed by atoms with Crippen molar-refractivity contribution in [3.05, 3.63) is 35.4 Å². The van der Waals surface area contributed by atoms with Crippen molar-refractivity contribution in [1.82, 2.24) is 0 Å². The van der Waals surface area contributed by atoms with E-state index in [0.717, 1.165) is 5.56 Å². The van der Waals surface area contributed by atoms with Gasteiger partial charge in [0.1, 0.15) is 0 Å². The molecule has 0 aliphatic carbocycles. The summed E-state index contributed by atoms with van der Waals surface area (Å²) in [6.45, 7) is 0.542. The third-order valence-corrected chi connectivity index (χ3v) is 1.99. The number of carbonyl (C=O) groups is 1. The summed E-state index contributed by atoms with van der Waals surface area (Å²) in [5, 5.41) is 0. The topological polar surface area (TPSA) is 43.1 Å². The molecule has 0 aliphatic heterocycles. The van der Waals surface area contributed by atoms with Crippen LogP contribution in [-0.2, 0) is 6.42 Å². The number of terminal acetylenes is 1. The summed E-state index contributed by atoms with van der Waals surface area (Å²) in [6.07, 6.45) is 5.96. The first-order valence-corrected chi connectivity index (χ1v) is 4.54. The maximum absolute atomic E-state index is 11.6. The first kappa shape index (κ1) is 10.5. The number of benzene rings is 1. The molecule has 0 amide bonds. The van der Waals surface area contributed by atoms with Crippen LogP contribution in [0.4, 0.5) is 0 Å². The Bertz CT molecular complexity index is 363. The van der Waals surface area contributed by atoms with E-state index in [1.807, 2.05) is 18.2 Å². The molecule has 0 heterocycles. The third-order valence-electron chi connectivity index (χ3n) is 1.99. The molecule has 2 heteroatoms. The Hall–Kier alpha value is -1.59. The molecule has 0 spiro atoms. The van der Waals surface area contributed by atoms with E-state index >= 15 is 0 Å². The molecule has 0 unspecified atom stereocenters. The fourth-order valence-corrected chi connectivity index (χ4v) is 1.35. The van der Waals surface area contributed by atoms with Crippen LogP contribution < -0.4 is 5.73 Å². The van der Waals surface area contributed by atoms with Crippen LogP contribution in [0.1, 0.15) is 22.3 Å². The second-order valence-electron chi connectivity index (χ2n) is 3.00. The molecule has 0 saturated carbocycles. The van der Waals surface area contributed by atoms with Gasteiger partial charge in [-0.05, 0) is 18.5 Å². The third kappa shape index (κ3) is 2.45. The van der Waals surface area contributed by atoms with Gasteiger partial charge in [0.05, 0.1) is 6.42 Å². The van der Waals surface area contributed by atoms with Crippen molar-refractivity contribution in [2.45, 2.75) is 12.8 Å². The van der Waals surface area contributed by atoms with Crippen LogP contribution in [0, 0.1) is 12.3 Å². The van der Waals surface area contributed by atoms with Gasteiger partial charge in [-0.15, -0.1) is 6.42 Å². The predicted molar refractivity (Wildman–Crippen MR) is 57.0 cm³/mol. The van der Waals surface area contributed by atoms with Gasteiger partial charge >= 0.3 is 0 Å². The largest absolute Gasteiger partial charge is 0.330 e. The number of hydrogen-bond acceptors (Lipinski definition) is 2. The lowest BCUT2D eigenvalue weighted by Gasteiger charge is -2.05. The zero-order valence-corrected chi connectivity index (χ0v) is 7.99. The molecule has 2 N–H and O–H groups in total. The van der Waals surface area contributed by atoms with Crippen LogP contribution >= 0.6 is 0 Å². The zero-order chi connectivity index (χ0) is 10.4. The Morgan fingerprint density at radius 2 is 2.14 bits per heavy atom. The van der Waals surface area contributed by atoms with Crippen LogP contribution in [0.15, 0.2) is 24.3 Å². The Labute approximate surface area is 84.1 Å². The van der Waals surface area contributed by atoms with Gasteiger partial charge in [-0.3, -0.25) is 4.79 Å². The molecule has 1 aromatic carbocycles. The van der Waals surface area contributed by atoms with Crippen LogP contribution in [-0.4, -0.2) is 12.3 Å². The minimum absolute atomic E-state index is 0.00319. The highest BCUT2D eigenvalue weighted by Gasteiger charge is 2.08. The maximum atomic E-state index is 11.6. The zero-order valence-electron chi connectivity index (χ0n) is 7.99. The van der Waals surface area contributed by atoms with Gasteiger partial charge in [-0.1, -0.05) is 30.2 Å². The molecule has 0 fully saturated rings. The minimum atomic E-state index is -0.00319. The lowest BCUT2D eigenvalue weighted by Crippen LogP contribution is -2.08. The molecule has 0 aromatic heterocycles. The number of rotatable bonds is 4. The van der Waals surface area contributed by atoms with Gasteiger partial charge in [-0.2, -0.15) is 0 Å². The summed E-state index contributed by atoms with van der Waals surface area (Å²) in [7, 11) is 0. The number of nitrogens with two attached hydrogens (primary N) is 1. The smallest absolute Gasteiger partial charge is 0.174 e. The summed E-state index contributed by atoms with van der Waals surface area (Å²) in [4.78, 5) is 11.6. The summed E-state index contributed by atoms with van der Waals surface area (Å²) in [5.74, 6) is 2.35. The lowest BCUT2D eigenvalue weighted by atomic mass is 10.00. The van der Waals surface area contributed by atoms with E-state index in [0.29, 0.717) is 18.5 Å². The molecule has 0 radical (unpaired) electrons. The molecular formula is C12H13NO. The van der Waals surface area contributed by atoms with E-state index in [2.05, 4.69) is 5.92 Å². The summed E-state index contributed by atoms with van der Waals surface area (Å²) in [5.41, 5.74) is 7.14. The van der Waals surface area contributed by atoms with Gasteiger partial charge in [0.15, 0.2) is 5.78 Å². The summed E-state index contributed by atoms with van der Waals surface area (Å²) < 4.78 is 0. The molecule has 0 atom stereocenters. The van der Waals surface area contributed by atoms with Crippen LogP contribution in [0.25, 0.3) is 0 Å². The van der Waals surface area contributed by atoms with Crippen molar-refractivity contribution in [3.63, 3.8) is 0 Å². The van der Waals surface area contributed by atoms with Crippen LogP contribution in [0.5, 0.6) is 0 Å². The normalized spacial score (nSPS) is 9.43. The first-order valence-electron chi connectivity index (χ1n) is 4.54. The summed E-state index contributed by atoms with van der Waals surface area (Å²) >= 11 is 0. The number of ketones is 1. The summed E-state index contributed by atoms with van der Waals surface area (Å²) in [6, 6.07) is 7.45. The highest BCUT2D eigenvalue weighted by Crippen LogP contribution is 2.11. The minimum Gasteiger partial charge on any atom is -0.330 e. The molecule has 1 rings (SSSR count). The van der Waals surface area contributed by atoms with Crippen molar-refractivity contribution in [3.8, 4) is 12.3 Å². The van der Waals surface area contributed by atoms with E-state index in [-0.39, 0.29) is 12.2 Å². The molecule has 14 heavy (non-hydrogen) atoms. The molecule has 2 nitrogen and oxygen atoms in total. The van der Waals surface area contributed by atoms with Gasteiger partial charge in [0.2, 0.25) is 0 Å². The van der Waals surface area contributed by atoms with Crippen molar-refractivity contribution in [2.24, 2.45) is 5.73 Å². The quantitative estimate of drug-likeness (QED) is 0.572. The second kappa shape index (κ2) is 5.21. The van der Waals surface area contributed by atoms with Gasteiger partial charge < -0.3 is 5.73 Å². The molecule has 0 bridgehead atoms. The molecule has 72 valence electrons. The van der Waals surface area contributed by atoms with Crippen LogP contribution in [0.2, 0.25) is 0 Å². The van der Waals surface area contributed by atoms with Crippen molar-refractivity contribution in [2.75, 3.05) is 6.54 Å². The van der Waals surface area contributed by atoms with Gasteiger partial charge in [0, 0.05) is 5.56 Å². The maximum Gasteiger partial charge on any atom is 0.174 e. The Kier molecular flexibility index (Phi) is 3.90. The SMILES string of the molecule is C#CCC(=O)c1ccccc1CCN. The Morgan fingerprint density at radius 1 is 1.43 bits per heavy atom. The van der Waals surface area contributed by atoms with Gasteiger partial charge in [0.25, 0.3) is 0 Å². The van der Waals surface area contributed by atoms with Gasteiger partial charge in [-0.25, -0.2) is 0 Å². The fourth-order valence-electron chi connectivity index (χ4n) is 1.35. The number of hydrogen-bond donors (Lipinski definition) is 1. The highest BCUT2D eigenvalue weighted by molar-refractivity contribution is 5.98. The van der Waals surface area contributed by atoms with E-state index in [4.69, 9.17) is 12.2 Å². The number of Topliss-reactive ketones (excluding diaryl/α,β-unsaturated/α-hetero) is 1. The lowest BCUT2D eigenvalue weighted by molar-refractivity contribution is 0.0997. The molecule has 0 saturated heterocycles. The van der Waals surface area contributed by atoms with E-state index in [1.165, 1.54) is 0 Å². The standard InChI is InChI=1S/C12H13NO/c1-2-5-12(14)11-7-4-3-6-10(11)8-9-13/h1,3-4,6-7H,5,8-9,13H2. The highest BCUT2D eigenvalue weighted by atomic mass is 16.1. The molecule has 1 aromatic rings. The number of carbonyl (C=O) groups excluding carboxylic acids is 1. The first-order chi connectivity index (χ1) is 6.79. The van der Waals surface area contributed by atoms with E-state index < -0.39 is 0 Å². The molecular weight excluding hydrogens is 174 g/mol. The monoisotopic (exact) mass is 187 g/mol. The average Bonchev–Trinajstić information content (AvgIpc) is 2.19. The predicted octanol–water partition coefficient (Wildman–Crippen LogP) is 1.39. The second-order valence-corrected chi connectivity index (χ2v) is 3.00. The van der Waals surface area contributed by atoms with Crippen molar-refractivity contribution < 1.29 is 4.79 Å². The van der Waals surface area contributed by atoms with Crippen molar-refractivity contribution in [1.29, 1.82) is 0 Å². The Balaban J connectivity index is 2.95. The van der Waals surface area contributed by atoms with Crippen molar-refractivity contribution >= 4 is 5.78 Å². The van der Waals surface area contributed by atoms with Crippen LogP contribution in [0.3, 0.4) is 0 Å². The molecule has 0 aliphatic rings. The fraction of sp³-hybridized carbons (Fsp3) is 0.250.